The Balaban J connectivity index is 2.17. The summed E-state index contributed by atoms with van der Waals surface area (Å²) in [6.45, 7) is 4.46. The van der Waals surface area contributed by atoms with Crippen molar-refractivity contribution in [2.45, 2.75) is 282 Å². The zero-order valence-electron chi connectivity index (χ0n) is 43.9. The van der Waals surface area contributed by atoms with Crippen LogP contribution in [0.25, 0.3) is 0 Å². The van der Waals surface area contributed by atoms with Crippen molar-refractivity contribution in [3.8, 4) is 0 Å². The molecule has 9 nitrogen and oxygen atoms in total. The minimum Gasteiger partial charge on any atom is -0.457 e. The lowest BCUT2D eigenvalue weighted by Crippen LogP contribution is -2.59. The fraction of sp³-hybridized carbons (Fsp3) is 0.814. The van der Waals surface area contributed by atoms with Crippen molar-refractivity contribution in [3.05, 3.63) is 60.8 Å². The molecule has 0 aromatic rings. The Labute approximate surface area is 417 Å². The molecule has 1 aliphatic heterocycles. The third-order valence-electron chi connectivity index (χ3n) is 12.9. The number of ether oxygens (including phenoxy) is 4. The smallest absolute Gasteiger partial charge is 0.306 e. The van der Waals surface area contributed by atoms with Gasteiger partial charge in [0.15, 0.2) is 6.29 Å². The highest BCUT2D eigenvalue weighted by molar-refractivity contribution is 5.69. The summed E-state index contributed by atoms with van der Waals surface area (Å²) in [5, 5.41) is 40.3. The van der Waals surface area contributed by atoms with Crippen LogP contribution in [0.3, 0.4) is 0 Å². The first-order chi connectivity index (χ1) is 33.4. The van der Waals surface area contributed by atoms with Crippen LogP contribution in [-0.4, -0.2) is 89.6 Å². The van der Waals surface area contributed by atoms with Gasteiger partial charge in [-0.1, -0.05) is 242 Å². The molecule has 1 rings (SSSR count). The number of esters is 1. The summed E-state index contributed by atoms with van der Waals surface area (Å²) in [5.74, 6) is -0.313. The molecular formula is C59H106O9. The molecule has 1 saturated heterocycles. The third-order valence-corrected chi connectivity index (χ3v) is 12.9. The van der Waals surface area contributed by atoms with Gasteiger partial charge in [-0.15, -0.1) is 0 Å². The zero-order valence-corrected chi connectivity index (χ0v) is 43.9. The molecule has 0 aromatic heterocycles. The summed E-state index contributed by atoms with van der Waals surface area (Å²) in [4.78, 5) is 12.9. The molecule has 0 saturated carbocycles. The first-order valence-corrected chi connectivity index (χ1v) is 28.4. The second kappa shape index (κ2) is 49.9. The first-order valence-electron chi connectivity index (χ1n) is 28.4. The van der Waals surface area contributed by atoms with Crippen molar-refractivity contribution >= 4 is 5.97 Å². The Morgan fingerprint density at radius 1 is 0.485 bits per heavy atom. The second-order valence-electron chi connectivity index (χ2n) is 19.4. The number of rotatable bonds is 49. The quantitative estimate of drug-likeness (QED) is 0.0267. The molecular weight excluding hydrogens is 853 g/mol. The number of carbonyl (C=O) groups excluding carboxylic acids is 1. The number of unbranched alkanes of at least 4 members (excludes halogenated alkanes) is 28. The monoisotopic (exact) mass is 959 g/mol. The van der Waals surface area contributed by atoms with Gasteiger partial charge >= 0.3 is 5.97 Å². The predicted molar refractivity (Wildman–Crippen MR) is 284 cm³/mol. The molecule has 1 aliphatic rings. The first kappa shape index (κ1) is 63.9. The molecule has 6 unspecified atom stereocenters. The lowest BCUT2D eigenvalue weighted by molar-refractivity contribution is -0.305. The highest BCUT2D eigenvalue weighted by atomic mass is 16.7. The molecule has 6 atom stereocenters. The fourth-order valence-electron chi connectivity index (χ4n) is 8.58. The average Bonchev–Trinajstić information content (AvgIpc) is 3.34. The summed E-state index contributed by atoms with van der Waals surface area (Å²) in [6, 6.07) is 0. The van der Waals surface area contributed by atoms with Crippen LogP contribution in [-0.2, 0) is 23.7 Å². The van der Waals surface area contributed by atoms with Gasteiger partial charge in [0, 0.05) is 13.0 Å². The van der Waals surface area contributed by atoms with Gasteiger partial charge in [-0.25, -0.2) is 0 Å². The Kier molecular flexibility index (Phi) is 46.9. The third kappa shape index (κ3) is 39.6. The molecule has 1 heterocycles. The van der Waals surface area contributed by atoms with Crippen molar-refractivity contribution < 1.29 is 44.2 Å². The lowest BCUT2D eigenvalue weighted by atomic mass is 9.99. The maximum Gasteiger partial charge on any atom is 0.306 e. The van der Waals surface area contributed by atoms with E-state index in [0.717, 1.165) is 77.0 Å². The topological polar surface area (TPSA) is 135 Å². The van der Waals surface area contributed by atoms with Gasteiger partial charge in [-0.3, -0.25) is 4.79 Å². The zero-order chi connectivity index (χ0) is 49.2. The molecule has 4 N–H and O–H groups in total. The van der Waals surface area contributed by atoms with E-state index in [-0.39, 0.29) is 19.2 Å². The van der Waals surface area contributed by atoms with Gasteiger partial charge in [-0.2, -0.15) is 0 Å². The Hall–Kier alpha value is -2.11. The Morgan fingerprint density at radius 2 is 0.897 bits per heavy atom. The second-order valence-corrected chi connectivity index (χ2v) is 19.4. The van der Waals surface area contributed by atoms with E-state index in [1.807, 2.05) is 0 Å². The van der Waals surface area contributed by atoms with Crippen LogP contribution in [0.1, 0.15) is 245 Å². The van der Waals surface area contributed by atoms with Crippen LogP contribution in [0.5, 0.6) is 0 Å². The van der Waals surface area contributed by atoms with Crippen molar-refractivity contribution in [3.63, 3.8) is 0 Å². The van der Waals surface area contributed by atoms with E-state index in [0.29, 0.717) is 13.0 Å². The number of hydrogen-bond donors (Lipinski definition) is 4. The van der Waals surface area contributed by atoms with Crippen LogP contribution in [0.2, 0.25) is 0 Å². The van der Waals surface area contributed by atoms with E-state index in [1.54, 1.807) is 0 Å². The fourth-order valence-corrected chi connectivity index (χ4v) is 8.58. The number of carbonyl (C=O) groups is 1. The van der Waals surface area contributed by atoms with Crippen molar-refractivity contribution in [2.75, 3.05) is 26.4 Å². The normalized spacial score (nSPS) is 19.5. The minimum absolute atomic E-state index is 0.116. The van der Waals surface area contributed by atoms with Crippen LogP contribution in [0.4, 0.5) is 0 Å². The predicted octanol–water partition coefficient (Wildman–Crippen LogP) is 14.6. The summed E-state index contributed by atoms with van der Waals surface area (Å²) in [5.41, 5.74) is 0. The van der Waals surface area contributed by atoms with Crippen molar-refractivity contribution in [2.24, 2.45) is 0 Å². The van der Waals surface area contributed by atoms with E-state index in [4.69, 9.17) is 18.9 Å². The number of allylic oxidation sites excluding steroid dienone is 10. The molecule has 68 heavy (non-hydrogen) atoms. The largest absolute Gasteiger partial charge is 0.457 e. The van der Waals surface area contributed by atoms with Crippen molar-refractivity contribution in [1.82, 2.24) is 0 Å². The highest BCUT2D eigenvalue weighted by Crippen LogP contribution is 2.23. The van der Waals surface area contributed by atoms with Gasteiger partial charge in [0.2, 0.25) is 0 Å². The van der Waals surface area contributed by atoms with Gasteiger partial charge in [-0.05, 0) is 57.8 Å². The summed E-state index contributed by atoms with van der Waals surface area (Å²) >= 11 is 0. The Morgan fingerprint density at radius 3 is 1.35 bits per heavy atom. The van der Waals surface area contributed by atoms with Gasteiger partial charge in [0.05, 0.1) is 19.8 Å². The number of aliphatic hydroxyl groups is 4. The SMILES string of the molecule is CC/C=C\C/C=C\C/C=C\C/C=C\C/C=C\CCCCCCCCCCOCC(COC1OC(CO)C(O)C(O)C1O)OC(=O)CCCCCCCCCCCCCCCCCCCCCCC. The van der Waals surface area contributed by atoms with E-state index in [1.165, 1.54) is 148 Å². The molecule has 0 aliphatic carbocycles. The van der Waals surface area contributed by atoms with Crippen LogP contribution < -0.4 is 0 Å². The van der Waals surface area contributed by atoms with Crippen molar-refractivity contribution in [1.29, 1.82) is 0 Å². The maximum atomic E-state index is 12.9. The molecule has 0 radical (unpaired) electrons. The van der Waals surface area contributed by atoms with Gasteiger partial charge in [0.25, 0.3) is 0 Å². The molecule has 0 amide bonds. The molecule has 9 heteroatoms. The van der Waals surface area contributed by atoms with Gasteiger partial charge in [0.1, 0.15) is 30.5 Å². The average molecular weight is 959 g/mol. The molecule has 0 aromatic carbocycles. The van der Waals surface area contributed by atoms with Crippen LogP contribution >= 0.6 is 0 Å². The van der Waals surface area contributed by atoms with E-state index in [2.05, 4.69) is 74.6 Å². The molecule has 0 bridgehead atoms. The minimum atomic E-state index is -1.54. The lowest BCUT2D eigenvalue weighted by Gasteiger charge is -2.39. The molecule has 1 fully saturated rings. The highest BCUT2D eigenvalue weighted by Gasteiger charge is 2.44. The maximum absolute atomic E-state index is 12.9. The summed E-state index contributed by atoms with van der Waals surface area (Å²) in [7, 11) is 0. The molecule has 0 spiro atoms. The van der Waals surface area contributed by atoms with E-state index >= 15 is 0 Å². The standard InChI is InChI=1S/C59H106O9/c1-3-5-7-9-11-13-15-17-19-21-23-25-26-27-29-31-33-35-37-39-41-43-45-47-49-65-51-53(52-66-59-58(64)57(63)56(62)54(50-60)68-59)67-55(61)48-46-44-42-40-38-36-34-32-30-28-24-22-20-18-16-14-12-10-8-6-4-2/h5,7,11,13,17,19,23,25,27,29,53-54,56-60,62-64H,3-4,6,8-10,12,14-16,18,20-22,24,26,28,30-52H2,1-2H3/b7-5-,13-11-,19-17-,25-23-,29-27-. The molecule has 396 valence electrons. The van der Waals surface area contributed by atoms with Crippen LogP contribution in [0.15, 0.2) is 60.8 Å². The Bertz CT molecular complexity index is 1230. The van der Waals surface area contributed by atoms with E-state index in [9.17, 15) is 25.2 Å². The number of aliphatic hydroxyl groups excluding tert-OH is 4. The van der Waals surface area contributed by atoms with Gasteiger partial charge < -0.3 is 39.4 Å². The van der Waals surface area contributed by atoms with Crippen LogP contribution in [0, 0.1) is 0 Å². The van der Waals surface area contributed by atoms with E-state index < -0.39 is 43.4 Å². The number of hydrogen-bond acceptors (Lipinski definition) is 9. The summed E-state index contributed by atoms with van der Waals surface area (Å²) < 4.78 is 23.0. The summed E-state index contributed by atoms with van der Waals surface area (Å²) in [6.07, 6.45) is 58.3.